The van der Waals surface area contributed by atoms with Crippen molar-refractivity contribution in [1.29, 1.82) is 0 Å². The molecule has 0 unspecified atom stereocenters. The van der Waals surface area contributed by atoms with E-state index < -0.39 is 0 Å². The third-order valence-corrected chi connectivity index (χ3v) is 1.56. The molecule has 2 heterocycles. The second-order valence-corrected chi connectivity index (χ2v) is 2.21. The maximum absolute atomic E-state index is 10.8. The number of nitrogens with zero attached hydrogens (tertiary/aromatic N) is 3. The minimum absolute atomic E-state index is 0.127. The Morgan fingerprint density at radius 3 is 3.20 bits per heavy atom. The minimum Gasteiger partial charge on any atom is -0.270 e. The van der Waals surface area contributed by atoms with Gasteiger partial charge in [0.05, 0.1) is 5.92 Å². The number of aliphatic imine (C=N–C) groups is 1. The molecule has 50 valence electrons. The van der Waals surface area contributed by atoms with Crippen LogP contribution in [-0.4, -0.2) is 18.2 Å². The number of azo groups is 1. The Bertz CT molecular complexity index is 252. The Hall–Kier alpha value is -1.32. The predicted molar refractivity (Wildman–Crippen MR) is 34.8 cm³/mol. The summed E-state index contributed by atoms with van der Waals surface area (Å²) in [6.45, 7) is 0. The van der Waals surface area contributed by atoms with Crippen LogP contribution in [0.4, 0.5) is 0 Å². The van der Waals surface area contributed by atoms with Crippen LogP contribution in [-0.2, 0) is 4.79 Å². The first kappa shape index (κ1) is 5.46. The highest BCUT2D eigenvalue weighted by atomic mass is 16.2. The van der Waals surface area contributed by atoms with Crippen LogP contribution in [0.15, 0.2) is 27.5 Å². The average molecular weight is 135 g/mol. The fourth-order valence-corrected chi connectivity index (χ4v) is 1.01. The quantitative estimate of drug-likeness (QED) is 0.478. The molecule has 0 saturated heterocycles. The molecule has 0 fully saturated rings. The zero-order valence-corrected chi connectivity index (χ0v) is 5.14. The summed E-state index contributed by atoms with van der Waals surface area (Å²) >= 11 is 0. The molecule has 0 radical (unpaired) electrons. The topological polar surface area (TPSA) is 54.1 Å². The van der Waals surface area contributed by atoms with Crippen molar-refractivity contribution in [2.75, 3.05) is 0 Å². The summed E-state index contributed by atoms with van der Waals surface area (Å²) in [6.07, 6.45) is 4.97. The van der Waals surface area contributed by atoms with Crippen LogP contribution in [0.25, 0.3) is 0 Å². The maximum Gasteiger partial charge on any atom is 0.273 e. The number of carbonyl (C=O) groups excluding carboxylic acids is 1. The monoisotopic (exact) mass is 135 g/mol. The molecule has 0 aromatic carbocycles. The Balaban J connectivity index is 2.34. The smallest absolute Gasteiger partial charge is 0.270 e. The van der Waals surface area contributed by atoms with E-state index in [0.29, 0.717) is 0 Å². The lowest BCUT2D eigenvalue weighted by Crippen LogP contribution is -2.20. The van der Waals surface area contributed by atoms with Gasteiger partial charge in [0, 0.05) is 12.4 Å². The molecular weight excluding hydrogens is 130 g/mol. The Labute approximate surface area is 57.4 Å². The number of hydrogen-bond donors (Lipinski definition) is 0. The molecule has 0 aromatic rings. The standard InChI is InChI=1S/C6H5N3O/c10-6-4-1-2-7-3-5(4)8-9-6/h1-5H/t4-,5+/m0/s1. The van der Waals surface area contributed by atoms with E-state index in [4.69, 9.17) is 0 Å². The zero-order valence-electron chi connectivity index (χ0n) is 5.14. The summed E-state index contributed by atoms with van der Waals surface area (Å²) in [5.74, 6) is -0.329. The van der Waals surface area contributed by atoms with Gasteiger partial charge in [0.25, 0.3) is 5.91 Å². The second kappa shape index (κ2) is 1.83. The molecule has 4 heteroatoms. The van der Waals surface area contributed by atoms with Crippen molar-refractivity contribution in [1.82, 2.24) is 0 Å². The van der Waals surface area contributed by atoms with Crippen LogP contribution >= 0.6 is 0 Å². The Kier molecular flexibility index (Phi) is 1.00. The van der Waals surface area contributed by atoms with Crippen molar-refractivity contribution in [3.63, 3.8) is 0 Å². The highest BCUT2D eigenvalue weighted by molar-refractivity contribution is 5.89. The zero-order chi connectivity index (χ0) is 6.97. The van der Waals surface area contributed by atoms with Crippen LogP contribution in [0.1, 0.15) is 0 Å². The van der Waals surface area contributed by atoms with Gasteiger partial charge in [-0.25, -0.2) is 0 Å². The van der Waals surface area contributed by atoms with E-state index in [0.717, 1.165) is 0 Å². The van der Waals surface area contributed by atoms with Crippen molar-refractivity contribution in [3.05, 3.63) is 12.3 Å². The molecule has 0 aromatic heterocycles. The van der Waals surface area contributed by atoms with Crippen molar-refractivity contribution < 1.29 is 4.79 Å². The summed E-state index contributed by atoms with van der Waals surface area (Å²) in [4.78, 5) is 14.7. The van der Waals surface area contributed by atoms with Crippen LogP contribution in [0.5, 0.6) is 0 Å². The van der Waals surface area contributed by atoms with Crippen molar-refractivity contribution in [3.8, 4) is 0 Å². The highest BCUT2D eigenvalue weighted by Crippen LogP contribution is 2.20. The molecule has 0 N–H and O–H groups in total. The second-order valence-electron chi connectivity index (χ2n) is 2.21. The van der Waals surface area contributed by atoms with Gasteiger partial charge in [0.1, 0.15) is 6.04 Å². The molecule has 4 nitrogen and oxygen atoms in total. The van der Waals surface area contributed by atoms with Crippen LogP contribution < -0.4 is 0 Å². The Morgan fingerprint density at radius 2 is 2.40 bits per heavy atom. The fraction of sp³-hybridized carbons (Fsp3) is 0.333. The third kappa shape index (κ3) is 0.618. The van der Waals surface area contributed by atoms with Gasteiger partial charge in [-0.05, 0) is 0 Å². The van der Waals surface area contributed by atoms with E-state index in [-0.39, 0.29) is 17.9 Å². The van der Waals surface area contributed by atoms with E-state index >= 15 is 0 Å². The normalized spacial score (nSPS) is 35.0. The highest BCUT2D eigenvalue weighted by Gasteiger charge is 2.31. The van der Waals surface area contributed by atoms with Gasteiger partial charge in [-0.3, -0.25) is 9.79 Å². The summed E-state index contributed by atoms with van der Waals surface area (Å²) in [5, 5.41) is 7.14. The number of rotatable bonds is 0. The number of fused-ring (bicyclic) bond motifs is 1. The van der Waals surface area contributed by atoms with Gasteiger partial charge in [0.2, 0.25) is 0 Å². The molecular formula is C6H5N3O. The van der Waals surface area contributed by atoms with E-state index in [1.165, 1.54) is 0 Å². The molecule has 2 aliphatic rings. The first-order chi connectivity index (χ1) is 4.88. The molecule has 10 heavy (non-hydrogen) atoms. The number of carbonyl (C=O) groups is 1. The molecule has 0 saturated carbocycles. The van der Waals surface area contributed by atoms with E-state index in [2.05, 4.69) is 15.2 Å². The fourth-order valence-electron chi connectivity index (χ4n) is 1.01. The largest absolute Gasteiger partial charge is 0.273 e. The first-order valence-corrected chi connectivity index (χ1v) is 3.02. The maximum atomic E-state index is 10.8. The van der Waals surface area contributed by atoms with E-state index in [1.807, 2.05) is 0 Å². The molecule has 2 atom stereocenters. The SMILES string of the molecule is O=C1N=N[C@@H]2C=NC=C[C@H]12. The lowest BCUT2D eigenvalue weighted by atomic mass is 10.0. The number of hydrogen-bond acceptors (Lipinski definition) is 3. The minimum atomic E-state index is -0.169. The van der Waals surface area contributed by atoms with Gasteiger partial charge in [-0.1, -0.05) is 6.08 Å². The van der Waals surface area contributed by atoms with E-state index in [1.54, 1.807) is 18.5 Å². The van der Waals surface area contributed by atoms with Crippen LogP contribution in [0, 0.1) is 5.92 Å². The van der Waals surface area contributed by atoms with Gasteiger partial charge < -0.3 is 0 Å². The first-order valence-electron chi connectivity index (χ1n) is 3.02. The van der Waals surface area contributed by atoms with Crippen LogP contribution in [0.3, 0.4) is 0 Å². The molecule has 1 amide bonds. The Morgan fingerprint density at radius 1 is 1.50 bits per heavy atom. The summed E-state index contributed by atoms with van der Waals surface area (Å²) in [5.41, 5.74) is 0. The van der Waals surface area contributed by atoms with E-state index in [9.17, 15) is 4.79 Å². The van der Waals surface area contributed by atoms with Crippen molar-refractivity contribution in [2.24, 2.45) is 21.1 Å². The lowest BCUT2D eigenvalue weighted by Gasteiger charge is -2.06. The molecule has 0 aliphatic carbocycles. The summed E-state index contributed by atoms with van der Waals surface area (Å²) in [6, 6.07) is -0.127. The van der Waals surface area contributed by atoms with Gasteiger partial charge in [0.15, 0.2) is 0 Å². The average Bonchev–Trinajstić information content (AvgIpc) is 2.34. The van der Waals surface area contributed by atoms with Gasteiger partial charge in [-0.15, -0.1) is 5.11 Å². The molecule has 2 aliphatic heterocycles. The molecule has 0 spiro atoms. The predicted octanol–water partition coefficient (Wildman–Crippen LogP) is 0.562. The van der Waals surface area contributed by atoms with Crippen molar-refractivity contribution >= 4 is 12.1 Å². The molecule has 0 bridgehead atoms. The summed E-state index contributed by atoms with van der Waals surface area (Å²) < 4.78 is 0. The number of amides is 1. The third-order valence-electron chi connectivity index (χ3n) is 1.56. The summed E-state index contributed by atoms with van der Waals surface area (Å²) in [7, 11) is 0. The van der Waals surface area contributed by atoms with Crippen LogP contribution in [0.2, 0.25) is 0 Å². The van der Waals surface area contributed by atoms with Gasteiger partial charge in [-0.2, -0.15) is 5.11 Å². The molecule has 2 rings (SSSR count). The van der Waals surface area contributed by atoms with Gasteiger partial charge >= 0.3 is 0 Å². The lowest BCUT2D eigenvalue weighted by molar-refractivity contribution is -0.119. The van der Waals surface area contributed by atoms with Crippen molar-refractivity contribution in [2.45, 2.75) is 6.04 Å².